The summed E-state index contributed by atoms with van der Waals surface area (Å²) in [5, 5.41) is 25.1. The summed E-state index contributed by atoms with van der Waals surface area (Å²) >= 11 is 0. The zero-order valence-corrected chi connectivity index (χ0v) is 25.4. The third kappa shape index (κ3) is 11.6. The molecule has 0 amide bonds. The minimum Gasteiger partial charge on any atom is -0.483 e. The van der Waals surface area contributed by atoms with Gasteiger partial charge in [-0.25, -0.2) is 8.78 Å². The monoisotopic (exact) mass is 583 g/mol. The highest BCUT2D eigenvalue weighted by Gasteiger charge is 2.37. The van der Waals surface area contributed by atoms with E-state index in [9.17, 15) is 8.78 Å². The number of β-amino-alcohol motifs (C(OH)–C–C–N with tert-alkyl or cyclic N) is 1. The van der Waals surface area contributed by atoms with Crippen LogP contribution in [0.3, 0.4) is 0 Å². The third-order valence-corrected chi connectivity index (χ3v) is 7.06. The zero-order chi connectivity index (χ0) is 31.0. The van der Waals surface area contributed by atoms with Crippen molar-refractivity contribution < 1.29 is 23.8 Å². The summed E-state index contributed by atoms with van der Waals surface area (Å²) in [6, 6.07) is 20.6. The molecule has 1 saturated heterocycles. The van der Waals surface area contributed by atoms with Crippen LogP contribution in [-0.2, 0) is 37.1 Å². The topological polar surface area (TPSA) is 93.6 Å². The first kappa shape index (κ1) is 35.0. The number of hydrogen-bond acceptors (Lipinski definition) is 5. The molecule has 1 unspecified atom stereocenters. The minimum absolute atomic E-state index is 0.0648. The van der Waals surface area contributed by atoms with Gasteiger partial charge in [0.25, 0.3) is 12.4 Å². The summed E-state index contributed by atoms with van der Waals surface area (Å²) in [6.45, 7) is 10.7. The van der Waals surface area contributed by atoms with E-state index >= 15 is 0 Å². The number of carbonyl (C=O) groups is 1. The second-order valence-electron chi connectivity index (χ2n) is 10.4. The van der Waals surface area contributed by atoms with Crippen molar-refractivity contribution in [3.05, 3.63) is 94.0 Å². The summed E-state index contributed by atoms with van der Waals surface area (Å²) in [4.78, 5) is 8.36. The van der Waals surface area contributed by atoms with Gasteiger partial charge >= 0.3 is 0 Å². The van der Waals surface area contributed by atoms with Crippen molar-refractivity contribution in [3.8, 4) is 11.1 Å². The standard InChI is InChI=1S/C16H14F2.C11H16N2.C4H9NO.C2H6.CH2O2/c1-11-2-4-12(5-3-11)13-6-7-14-9-16(17,18)10-15(14)8-13;1-12-7-9-2-3-11-8-13-5-4-10(11)6-9;6-4-1-2-5-3-4;1-2;2-1-3/h2-8H,9-10H2,1H3;2-3,6,12-13H,4-5,7-8H2,1H3;4-6H,1-3H2;1-2H3;1H,(H,2,3). The first-order valence-electron chi connectivity index (χ1n) is 14.7. The van der Waals surface area contributed by atoms with Gasteiger partial charge in [0.05, 0.1) is 6.10 Å². The van der Waals surface area contributed by atoms with Gasteiger partial charge < -0.3 is 26.2 Å². The van der Waals surface area contributed by atoms with Crippen LogP contribution >= 0.6 is 0 Å². The van der Waals surface area contributed by atoms with E-state index < -0.39 is 5.92 Å². The molecular weight excluding hydrogens is 536 g/mol. The molecule has 5 N–H and O–H groups in total. The van der Waals surface area contributed by atoms with Gasteiger partial charge in [-0.3, -0.25) is 4.79 Å². The Labute approximate surface area is 249 Å². The second kappa shape index (κ2) is 18.4. The number of aliphatic hydroxyl groups is 1. The molecule has 1 fully saturated rings. The van der Waals surface area contributed by atoms with E-state index in [-0.39, 0.29) is 25.4 Å². The fourth-order valence-electron chi connectivity index (χ4n) is 4.99. The minimum atomic E-state index is -2.56. The maximum Gasteiger partial charge on any atom is 0.290 e. The summed E-state index contributed by atoms with van der Waals surface area (Å²) in [6.07, 6.45) is 1.80. The van der Waals surface area contributed by atoms with E-state index in [0.717, 1.165) is 61.4 Å². The maximum absolute atomic E-state index is 13.3. The van der Waals surface area contributed by atoms with Crippen molar-refractivity contribution in [2.75, 3.05) is 26.7 Å². The van der Waals surface area contributed by atoms with E-state index in [4.69, 9.17) is 15.0 Å². The molecule has 0 aromatic heterocycles. The van der Waals surface area contributed by atoms with Crippen LogP contribution in [0.5, 0.6) is 0 Å². The lowest BCUT2D eigenvalue weighted by Crippen LogP contribution is -2.23. The SMILES string of the molecule is CC.CNCc1ccc2c(c1)CCNC2.Cc1ccc(-c2ccc3c(c2)CC(F)(F)C3)cc1.O=CO.OC1CCNC1. The van der Waals surface area contributed by atoms with Gasteiger partial charge in [-0.05, 0) is 78.8 Å². The number of nitrogens with one attached hydrogen (secondary N) is 3. The van der Waals surface area contributed by atoms with E-state index in [0.29, 0.717) is 0 Å². The summed E-state index contributed by atoms with van der Waals surface area (Å²) in [7, 11) is 1.99. The first-order valence-corrected chi connectivity index (χ1v) is 14.7. The molecule has 6 rings (SSSR count). The second-order valence-corrected chi connectivity index (χ2v) is 10.4. The van der Waals surface area contributed by atoms with E-state index in [2.05, 4.69) is 34.1 Å². The van der Waals surface area contributed by atoms with Gasteiger partial charge in [0.1, 0.15) is 0 Å². The molecular formula is C34H47F2N3O3. The molecule has 42 heavy (non-hydrogen) atoms. The summed E-state index contributed by atoms with van der Waals surface area (Å²) in [5.74, 6) is -2.56. The van der Waals surface area contributed by atoms with Crippen molar-refractivity contribution in [3.63, 3.8) is 0 Å². The lowest BCUT2D eigenvalue weighted by molar-refractivity contribution is -0.122. The van der Waals surface area contributed by atoms with Gasteiger partial charge in [-0.1, -0.05) is 80.1 Å². The number of rotatable bonds is 3. The lowest BCUT2D eigenvalue weighted by Gasteiger charge is -2.17. The Hall–Kier alpha value is -3.17. The number of aliphatic hydroxyl groups excluding tert-OH is 1. The smallest absolute Gasteiger partial charge is 0.290 e. The molecule has 0 bridgehead atoms. The quantitative estimate of drug-likeness (QED) is 0.261. The van der Waals surface area contributed by atoms with Gasteiger partial charge in [0, 0.05) is 32.5 Å². The molecule has 3 aliphatic rings. The molecule has 230 valence electrons. The highest BCUT2D eigenvalue weighted by molar-refractivity contribution is 5.65. The Morgan fingerprint density at radius 1 is 0.905 bits per heavy atom. The fourth-order valence-corrected chi connectivity index (χ4v) is 4.99. The van der Waals surface area contributed by atoms with Crippen LogP contribution in [0.15, 0.2) is 60.7 Å². The van der Waals surface area contributed by atoms with Crippen LogP contribution in [0.4, 0.5) is 8.78 Å². The number of halogens is 2. The number of benzene rings is 3. The average molecular weight is 584 g/mol. The van der Waals surface area contributed by atoms with Gasteiger partial charge in [-0.15, -0.1) is 0 Å². The van der Waals surface area contributed by atoms with Crippen molar-refractivity contribution in [1.82, 2.24) is 16.0 Å². The molecule has 3 aromatic carbocycles. The Morgan fingerprint density at radius 2 is 1.55 bits per heavy atom. The van der Waals surface area contributed by atoms with Gasteiger partial charge in [0.2, 0.25) is 0 Å². The predicted octanol–water partition coefficient (Wildman–Crippen LogP) is 5.52. The summed E-state index contributed by atoms with van der Waals surface area (Å²) < 4.78 is 26.6. The number of hydrogen-bond donors (Lipinski definition) is 5. The van der Waals surface area contributed by atoms with E-state index in [1.54, 1.807) is 0 Å². The van der Waals surface area contributed by atoms with Crippen molar-refractivity contribution in [2.45, 2.75) is 71.6 Å². The summed E-state index contributed by atoms with van der Waals surface area (Å²) in [5.41, 5.74) is 9.26. The van der Waals surface area contributed by atoms with Crippen LogP contribution in [0.25, 0.3) is 11.1 Å². The third-order valence-electron chi connectivity index (χ3n) is 7.06. The molecule has 0 spiro atoms. The van der Waals surface area contributed by atoms with Crippen molar-refractivity contribution >= 4 is 6.47 Å². The molecule has 0 saturated carbocycles. The normalized spacial score (nSPS) is 17.3. The average Bonchev–Trinajstić information content (AvgIpc) is 3.59. The van der Waals surface area contributed by atoms with Crippen LogP contribution in [0.1, 0.15) is 53.6 Å². The maximum atomic E-state index is 13.3. The Bertz CT molecular complexity index is 1210. The number of fused-ring (bicyclic) bond motifs is 2. The molecule has 1 aliphatic carbocycles. The molecule has 6 nitrogen and oxygen atoms in total. The van der Waals surface area contributed by atoms with Crippen molar-refractivity contribution in [2.24, 2.45) is 0 Å². The number of carboxylic acid groups (broad SMARTS) is 1. The molecule has 0 radical (unpaired) electrons. The fraction of sp³-hybridized carbons (Fsp3) is 0.441. The Morgan fingerprint density at radius 3 is 2.14 bits per heavy atom. The molecule has 1 atom stereocenters. The Balaban J connectivity index is 0.000000223. The van der Waals surface area contributed by atoms with Crippen LogP contribution < -0.4 is 16.0 Å². The number of alkyl halides is 2. The molecule has 3 aromatic rings. The van der Waals surface area contributed by atoms with Gasteiger partial charge in [0.15, 0.2) is 0 Å². The van der Waals surface area contributed by atoms with Gasteiger partial charge in [-0.2, -0.15) is 0 Å². The predicted molar refractivity (Wildman–Crippen MR) is 167 cm³/mol. The largest absolute Gasteiger partial charge is 0.483 e. The zero-order valence-electron chi connectivity index (χ0n) is 25.4. The lowest BCUT2D eigenvalue weighted by atomic mass is 9.98. The van der Waals surface area contributed by atoms with Crippen LogP contribution in [-0.4, -0.2) is 55.4 Å². The first-order chi connectivity index (χ1) is 20.2. The molecule has 8 heteroatoms. The highest BCUT2D eigenvalue weighted by Crippen LogP contribution is 2.36. The van der Waals surface area contributed by atoms with E-state index in [1.165, 1.54) is 28.7 Å². The molecule has 2 aliphatic heterocycles. The van der Waals surface area contributed by atoms with Crippen molar-refractivity contribution in [1.29, 1.82) is 0 Å². The Kier molecular flexibility index (Phi) is 15.3. The van der Waals surface area contributed by atoms with E-state index in [1.807, 2.05) is 70.3 Å². The van der Waals surface area contributed by atoms with Crippen LogP contribution in [0.2, 0.25) is 0 Å². The van der Waals surface area contributed by atoms with Crippen LogP contribution in [0, 0.1) is 6.92 Å². The number of aryl methyl sites for hydroxylation is 1. The molecule has 2 heterocycles. The highest BCUT2D eigenvalue weighted by atomic mass is 19.3.